The third-order valence-corrected chi connectivity index (χ3v) is 4.05. The van der Waals surface area contributed by atoms with Crippen LogP contribution in [0.25, 0.3) is 0 Å². The maximum Gasteiger partial charge on any atom is 0.307 e. The molecule has 0 aromatic carbocycles. The number of amides is 1. The van der Waals surface area contributed by atoms with E-state index >= 15 is 0 Å². The Morgan fingerprint density at radius 1 is 1.26 bits per heavy atom. The van der Waals surface area contributed by atoms with Crippen LogP contribution in [-0.2, 0) is 14.3 Å². The Morgan fingerprint density at radius 3 is 2.58 bits per heavy atom. The van der Waals surface area contributed by atoms with Crippen molar-refractivity contribution in [3.63, 3.8) is 0 Å². The molecular weight excluding hydrogens is 246 g/mol. The zero-order valence-electron chi connectivity index (χ0n) is 11.4. The summed E-state index contributed by atoms with van der Waals surface area (Å²) in [6.07, 6.45) is 3.79. The molecule has 1 amide bonds. The summed E-state index contributed by atoms with van der Waals surface area (Å²) in [6, 6.07) is 0. The van der Waals surface area contributed by atoms with Crippen molar-refractivity contribution in [2.75, 3.05) is 19.8 Å². The van der Waals surface area contributed by atoms with Crippen molar-refractivity contribution in [3.8, 4) is 0 Å². The monoisotopic (exact) mass is 269 g/mol. The van der Waals surface area contributed by atoms with Crippen LogP contribution in [0.1, 0.15) is 32.6 Å². The first-order valence-corrected chi connectivity index (χ1v) is 7.16. The number of hydrogen-bond donors (Lipinski definition) is 2. The second kappa shape index (κ2) is 6.37. The van der Waals surface area contributed by atoms with Gasteiger partial charge in [0.1, 0.15) is 0 Å². The van der Waals surface area contributed by atoms with E-state index in [0.29, 0.717) is 31.9 Å². The fourth-order valence-electron chi connectivity index (χ4n) is 2.77. The van der Waals surface area contributed by atoms with Gasteiger partial charge in [0, 0.05) is 13.2 Å². The van der Waals surface area contributed by atoms with Gasteiger partial charge in [0.15, 0.2) is 0 Å². The molecule has 0 saturated heterocycles. The number of carboxylic acid groups (broad SMARTS) is 1. The Kier molecular flexibility index (Phi) is 4.80. The van der Waals surface area contributed by atoms with Gasteiger partial charge in [0.2, 0.25) is 5.91 Å². The first-order valence-electron chi connectivity index (χ1n) is 7.16. The summed E-state index contributed by atoms with van der Waals surface area (Å²) < 4.78 is 5.43. The minimum Gasteiger partial charge on any atom is -0.481 e. The number of carbonyl (C=O) groups is 2. The average Bonchev–Trinajstić information content (AvgIpc) is 3.09. The highest BCUT2D eigenvalue weighted by Gasteiger charge is 2.40. The number of aliphatic carboxylic acids is 1. The molecule has 5 nitrogen and oxygen atoms in total. The second-order valence-corrected chi connectivity index (χ2v) is 5.94. The number of hydrogen-bond acceptors (Lipinski definition) is 3. The van der Waals surface area contributed by atoms with Crippen LogP contribution in [-0.4, -0.2) is 36.7 Å². The Bertz CT molecular complexity index is 340. The van der Waals surface area contributed by atoms with Gasteiger partial charge in [-0.2, -0.15) is 0 Å². The van der Waals surface area contributed by atoms with E-state index in [1.165, 1.54) is 12.8 Å². The van der Waals surface area contributed by atoms with E-state index in [1.807, 2.05) is 6.92 Å². The first kappa shape index (κ1) is 14.3. The van der Waals surface area contributed by atoms with Crippen molar-refractivity contribution >= 4 is 11.9 Å². The molecule has 3 unspecified atom stereocenters. The highest BCUT2D eigenvalue weighted by atomic mass is 16.5. The standard InChI is InChI=1S/C14H23NO4/c1-9-6-11(12(7-9)14(17)18)13(16)15-4-5-19-8-10-2-3-10/h9-12H,2-8H2,1H3,(H,15,16)(H,17,18). The third-order valence-electron chi connectivity index (χ3n) is 4.05. The Labute approximate surface area is 113 Å². The van der Waals surface area contributed by atoms with Crippen LogP contribution in [0.15, 0.2) is 0 Å². The van der Waals surface area contributed by atoms with Gasteiger partial charge < -0.3 is 15.2 Å². The molecule has 3 atom stereocenters. The third kappa shape index (κ3) is 4.20. The molecule has 2 N–H and O–H groups in total. The Balaban J connectivity index is 1.67. The molecule has 0 spiro atoms. The molecule has 2 rings (SSSR count). The van der Waals surface area contributed by atoms with Crippen molar-refractivity contribution in [1.82, 2.24) is 5.32 Å². The molecule has 0 aromatic heterocycles. The lowest BCUT2D eigenvalue weighted by Crippen LogP contribution is -2.37. The summed E-state index contributed by atoms with van der Waals surface area (Å²) in [5.41, 5.74) is 0. The van der Waals surface area contributed by atoms with E-state index in [1.54, 1.807) is 0 Å². The van der Waals surface area contributed by atoms with E-state index < -0.39 is 11.9 Å². The molecule has 0 heterocycles. The predicted molar refractivity (Wildman–Crippen MR) is 69.6 cm³/mol. The predicted octanol–water partition coefficient (Wildman–Crippen LogP) is 1.28. The zero-order chi connectivity index (χ0) is 13.8. The molecule has 0 radical (unpaired) electrons. The minimum atomic E-state index is -0.852. The molecule has 19 heavy (non-hydrogen) atoms. The zero-order valence-corrected chi connectivity index (χ0v) is 11.4. The maximum absolute atomic E-state index is 12.0. The van der Waals surface area contributed by atoms with E-state index in [0.717, 1.165) is 12.5 Å². The quantitative estimate of drug-likeness (QED) is 0.683. The highest BCUT2D eigenvalue weighted by Crippen LogP contribution is 2.36. The lowest BCUT2D eigenvalue weighted by atomic mass is 9.95. The Morgan fingerprint density at radius 2 is 1.95 bits per heavy atom. The molecular formula is C14H23NO4. The van der Waals surface area contributed by atoms with Gasteiger partial charge >= 0.3 is 5.97 Å². The van der Waals surface area contributed by atoms with Crippen LogP contribution in [0.4, 0.5) is 0 Å². The number of carboxylic acids is 1. The summed E-state index contributed by atoms with van der Waals surface area (Å²) in [6.45, 7) is 3.78. The van der Waals surface area contributed by atoms with Gasteiger partial charge in [-0.15, -0.1) is 0 Å². The lowest BCUT2D eigenvalue weighted by Gasteiger charge is -2.15. The molecule has 0 aromatic rings. The summed E-state index contributed by atoms with van der Waals surface area (Å²) in [4.78, 5) is 23.1. The molecule has 0 bridgehead atoms. The van der Waals surface area contributed by atoms with E-state index in [2.05, 4.69) is 5.32 Å². The average molecular weight is 269 g/mol. The summed E-state index contributed by atoms with van der Waals surface area (Å²) in [5, 5.41) is 11.9. The molecule has 108 valence electrons. The fourth-order valence-corrected chi connectivity index (χ4v) is 2.77. The lowest BCUT2D eigenvalue weighted by molar-refractivity contribution is -0.146. The van der Waals surface area contributed by atoms with Crippen LogP contribution >= 0.6 is 0 Å². The molecule has 2 saturated carbocycles. The van der Waals surface area contributed by atoms with Gasteiger partial charge in [-0.1, -0.05) is 6.92 Å². The molecule has 0 aliphatic heterocycles. The number of ether oxygens (including phenoxy) is 1. The fraction of sp³-hybridized carbons (Fsp3) is 0.857. The van der Waals surface area contributed by atoms with Crippen molar-refractivity contribution in [3.05, 3.63) is 0 Å². The van der Waals surface area contributed by atoms with E-state index in [4.69, 9.17) is 9.84 Å². The normalized spacial score (nSPS) is 30.3. The number of carbonyl (C=O) groups excluding carboxylic acids is 1. The summed E-state index contributed by atoms with van der Waals surface area (Å²) >= 11 is 0. The summed E-state index contributed by atoms with van der Waals surface area (Å²) in [5.74, 6) is -0.856. The van der Waals surface area contributed by atoms with Crippen LogP contribution in [0.2, 0.25) is 0 Å². The van der Waals surface area contributed by atoms with Crippen molar-refractivity contribution in [2.24, 2.45) is 23.7 Å². The first-order chi connectivity index (χ1) is 9.08. The van der Waals surface area contributed by atoms with Gasteiger partial charge in [0.05, 0.1) is 18.4 Å². The van der Waals surface area contributed by atoms with Crippen LogP contribution in [0, 0.1) is 23.7 Å². The van der Waals surface area contributed by atoms with Gasteiger partial charge in [0.25, 0.3) is 0 Å². The van der Waals surface area contributed by atoms with Gasteiger partial charge in [-0.25, -0.2) is 0 Å². The highest BCUT2D eigenvalue weighted by molar-refractivity contribution is 5.85. The molecule has 2 fully saturated rings. The van der Waals surface area contributed by atoms with Gasteiger partial charge in [-0.3, -0.25) is 9.59 Å². The van der Waals surface area contributed by atoms with E-state index in [-0.39, 0.29) is 11.8 Å². The summed E-state index contributed by atoms with van der Waals surface area (Å²) in [7, 11) is 0. The van der Waals surface area contributed by atoms with Crippen LogP contribution in [0.5, 0.6) is 0 Å². The Hall–Kier alpha value is -1.10. The van der Waals surface area contributed by atoms with E-state index in [9.17, 15) is 9.59 Å². The maximum atomic E-state index is 12.0. The minimum absolute atomic E-state index is 0.133. The molecule has 5 heteroatoms. The SMILES string of the molecule is CC1CC(C(=O)O)C(C(=O)NCCOCC2CC2)C1. The topological polar surface area (TPSA) is 75.6 Å². The van der Waals surface area contributed by atoms with Gasteiger partial charge in [-0.05, 0) is 37.5 Å². The smallest absolute Gasteiger partial charge is 0.307 e. The van der Waals surface area contributed by atoms with Crippen molar-refractivity contribution in [1.29, 1.82) is 0 Å². The molecule has 2 aliphatic rings. The van der Waals surface area contributed by atoms with Crippen molar-refractivity contribution < 1.29 is 19.4 Å². The largest absolute Gasteiger partial charge is 0.481 e. The van der Waals surface area contributed by atoms with Crippen molar-refractivity contribution in [2.45, 2.75) is 32.6 Å². The number of rotatable bonds is 7. The molecule has 2 aliphatic carbocycles. The second-order valence-electron chi connectivity index (χ2n) is 5.94. The van der Waals surface area contributed by atoms with Crippen LogP contribution < -0.4 is 5.32 Å². The van der Waals surface area contributed by atoms with Crippen LogP contribution in [0.3, 0.4) is 0 Å². The number of nitrogens with one attached hydrogen (secondary N) is 1.